The highest BCUT2D eigenvalue weighted by atomic mass is 16.3. The van der Waals surface area contributed by atoms with E-state index in [0.29, 0.717) is 48.3 Å². The number of phenols is 1. The molecule has 3 aromatic heterocycles. The highest BCUT2D eigenvalue weighted by Crippen LogP contribution is 2.28. The van der Waals surface area contributed by atoms with Crippen molar-refractivity contribution in [3.63, 3.8) is 0 Å². The second-order valence-electron chi connectivity index (χ2n) is 8.56. The maximum Gasteiger partial charge on any atom is 0.229 e. The van der Waals surface area contributed by atoms with Gasteiger partial charge in [-0.3, -0.25) is 0 Å². The molecule has 11 nitrogen and oxygen atoms in total. The Hall–Kier alpha value is -4.69. The molecule has 0 unspecified atom stereocenters. The van der Waals surface area contributed by atoms with E-state index in [9.17, 15) is 15.5 Å². The number of aliphatic hydroxyl groups excluding tert-OH is 1. The molecule has 5 aromatic rings. The minimum Gasteiger partial charge on any atom is -0.508 e. The first-order chi connectivity index (χ1) is 17.7. The van der Waals surface area contributed by atoms with Crippen LogP contribution in [0.5, 0.6) is 5.75 Å². The van der Waals surface area contributed by atoms with Gasteiger partial charge >= 0.3 is 0 Å². The summed E-state index contributed by atoms with van der Waals surface area (Å²) in [6.45, 7) is 3.21. The van der Waals surface area contributed by atoms with Crippen LogP contribution in [0.3, 0.4) is 0 Å². The Labute approximate surface area is 206 Å². The summed E-state index contributed by atoms with van der Waals surface area (Å²) in [5.74, 6) is 1.30. The number of hydrogen-bond acceptors (Lipinski definition) is 9. The van der Waals surface area contributed by atoms with Crippen LogP contribution >= 0.6 is 0 Å². The van der Waals surface area contributed by atoms with Crippen molar-refractivity contribution in [3.05, 3.63) is 60.6 Å². The molecule has 0 saturated carbocycles. The third-order valence-electron chi connectivity index (χ3n) is 6.45. The van der Waals surface area contributed by atoms with Gasteiger partial charge < -0.3 is 24.6 Å². The Morgan fingerprint density at radius 3 is 2.44 bits per heavy atom. The lowest BCUT2D eigenvalue weighted by molar-refractivity contribution is 0.277. The van der Waals surface area contributed by atoms with Crippen molar-refractivity contribution in [2.24, 2.45) is 0 Å². The fourth-order valence-corrected chi connectivity index (χ4v) is 4.65. The number of benzene rings is 2. The van der Waals surface area contributed by atoms with Crippen LogP contribution in [0.4, 0.5) is 11.6 Å². The highest BCUT2D eigenvalue weighted by Gasteiger charge is 2.24. The molecule has 2 aromatic carbocycles. The SMILES string of the molecule is N#Cc1nn(-c2nc(N3CCN(c4ccc(O)cc4)CC3)nc3ncn(CCO)c23)c2ccccc12. The predicted molar refractivity (Wildman–Crippen MR) is 134 cm³/mol. The number of phenolic OH excluding ortho intramolecular Hbond substituents is 1. The van der Waals surface area contributed by atoms with Gasteiger partial charge in [-0.2, -0.15) is 20.3 Å². The van der Waals surface area contributed by atoms with Gasteiger partial charge in [0.15, 0.2) is 17.2 Å². The number of para-hydroxylation sites is 1. The fourth-order valence-electron chi connectivity index (χ4n) is 4.65. The lowest BCUT2D eigenvalue weighted by Gasteiger charge is -2.36. The van der Waals surface area contributed by atoms with Crippen LogP contribution in [-0.2, 0) is 6.54 Å². The number of nitriles is 1. The van der Waals surface area contributed by atoms with Crippen molar-refractivity contribution in [3.8, 4) is 17.6 Å². The Morgan fingerprint density at radius 1 is 0.944 bits per heavy atom. The Bertz CT molecular complexity index is 1590. The van der Waals surface area contributed by atoms with E-state index in [1.807, 2.05) is 36.4 Å². The van der Waals surface area contributed by atoms with Gasteiger partial charge in [0.2, 0.25) is 5.95 Å². The maximum atomic E-state index is 9.66. The second-order valence-corrected chi connectivity index (χ2v) is 8.56. The van der Waals surface area contributed by atoms with E-state index >= 15 is 0 Å². The minimum atomic E-state index is -0.0603. The van der Waals surface area contributed by atoms with E-state index < -0.39 is 0 Å². The van der Waals surface area contributed by atoms with Crippen LogP contribution in [0.1, 0.15) is 5.69 Å². The quantitative estimate of drug-likeness (QED) is 0.387. The molecule has 0 atom stereocenters. The van der Waals surface area contributed by atoms with Gasteiger partial charge in [0.1, 0.15) is 17.3 Å². The third-order valence-corrected chi connectivity index (χ3v) is 6.45. The first kappa shape index (κ1) is 21.8. The normalized spacial score (nSPS) is 14.0. The van der Waals surface area contributed by atoms with E-state index in [4.69, 9.17) is 9.97 Å². The first-order valence-corrected chi connectivity index (χ1v) is 11.7. The van der Waals surface area contributed by atoms with Crippen LogP contribution in [0.25, 0.3) is 27.9 Å². The molecule has 0 aliphatic carbocycles. The van der Waals surface area contributed by atoms with Crippen molar-refractivity contribution in [2.45, 2.75) is 6.54 Å². The summed E-state index contributed by atoms with van der Waals surface area (Å²) >= 11 is 0. The summed E-state index contributed by atoms with van der Waals surface area (Å²) in [7, 11) is 0. The van der Waals surface area contributed by atoms with Crippen LogP contribution in [0.15, 0.2) is 54.9 Å². The van der Waals surface area contributed by atoms with Crippen LogP contribution in [0.2, 0.25) is 0 Å². The van der Waals surface area contributed by atoms with Crippen LogP contribution in [-0.4, -0.2) is 72.3 Å². The van der Waals surface area contributed by atoms with Crippen molar-refractivity contribution >= 4 is 33.7 Å². The summed E-state index contributed by atoms with van der Waals surface area (Å²) in [6.07, 6.45) is 1.64. The largest absolute Gasteiger partial charge is 0.508 e. The van der Waals surface area contributed by atoms with E-state index in [1.165, 1.54) is 0 Å². The van der Waals surface area contributed by atoms with Gasteiger partial charge in [0, 0.05) is 43.8 Å². The zero-order valence-electron chi connectivity index (χ0n) is 19.4. The van der Waals surface area contributed by atoms with Gasteiger partial charge in [-0.1, -0.05) is 12.1 Å². The summed E-state index contributed by atoms with van der Waals surface area (Å²) in [5, 5.41) is 34.1. The predicted octanol–water partition coefficient (Wildman–Crippen LogP) is 2.06. The number of piperazine rings is 1. The number of imidazole rings is 1. The number of nitrogens with zero attached hydrogens (tertiary/aromatic N) is 9. The van der Waals surface area contributed by atoms with Gasteiger partial charge in [-0.05, 0) is 36.4 Å². The number of rotatable bonds is 5. The van der Waals surface area contributed by atoms with Gasteiger partial charge in [0.25, 0.3) is 0 Å². The van der Waals surface area contributed by atoms with Crippen molar-refractivity contribution in [1.82, 2.24) is 29.3 Å². The number of aromatic hydroxyl groups is 1. The standard InChI is InChI=1S/C25H23N9O2/c26-15-20-19-3-1-2-4-21(19)34(30-20)24-22-23(27-16-33(22)13-14-35)28-25(29-24)32-11-9-31(10-12-32)17-5-7-18(36)8-6-17/h1-8,16,35-36H,9-14H2. The molecule has 0 radical (unpaired) electrons. The third kappa shape index (κ3) is 3.64. The number of anilines is 2. The smallest absolute Gasteiger partial charge is 0.229 e. The molecule has 2 N–H and O–H groups in total. The van der Waals surface area contributed by atoms with E-state index in [0.717, 1.165) is 29.7 Å². The monoisotopic (exact) mass is 481 g/mol. The Morgan fingerprint density at radius 2 is 1.69 bits per heavy atom. The molecule has 6 rings (SSSR count). The average Bonchev–Trinajstić information content (AvgIpc) is 3.50. The lowest BCUT2D eigenvalue weighted by atomic mass is 10.2. The molecule has 11 heteroatoms. The molecule has 4 heterocycles. The molecular weight excluding hydrogens is 458 g/mol. The van der Waals surface area contributed by atoms with E-state index in [1.54, 1.807) is 27.7 Å². The second kappa shape index (κ2) is 8.83. The lowest BCUT2D eigenvalue weighted by Crippen LogP contribution is -2.47. The molecular formula is C25H23N9O2. The molecule has 0 bridgehead atoms. The number of aliphatic hydroxyl groups is 1. The topological polar surface area (TPSA) is 132 Å². The van der Waals surface area contributed by atoms with E-state index in [2.05, 4.69) is 26.0 Å². The van der Waals surface area contributed by atoms with E-state index in [-0.39, 0.29) is 12.4 Å². The number of aromatic nitrogens is 6. The highest BCUT2D eigenvalue weighted by molar-refractivity contribution is 5.88. The Kier molecular flexibility index (Phi) is 5.35. The van der Waals surface area contributed by atoms with Crippen LogP contribution in [0, 0.1) is 11.3 Å². The summed E-state index contributed by atoms with van der Waals surface area (Å²) < 4.78 is 3.48. The first-order valence-electron chi connectivity index (χ1n) is 11.7. The molecule has 1 aliphatic rings. The molecule has 0 spiro atoms. The number of fused-ring (bicyclic) bond motifs is 2. The summed E-state index contributed by atoms with van der Waals surface area (Å²) in [6, 6.07) is 16.9. The van der Waals surface area contributed by atoms with Crippen molar-refractivity contribution in [1.29, 1.82) is 5.26 Å². The summed E-state index contributed by atoms with van der Waals surface area (Å²) in [5.41, 5.74) is 3.28. The van der Waals surface area contributed by atoms with Gasteiger partial charge in [-0.25, -0.2) is 9.67 Å². The number of hydrogen-bond donors (Lipinski definition) is 2. The summed E-state index contributed by atoms with van der Waals surface area (Å²) in [4.78, 5) is 18.5. The molecule has 180 valence electrons. The van der Waals surface area contributed by atoms with Crippen molar-refractivity contribution < 1.29 is 10.2 Å². The van der Waals surface area contributed by atoms with Gasteiger partial charge in [-0.15, -0.1) is 0 Å². The zero-order chi connectivity index (χ0) is 24.6. The average molecular weight is 482 g/mol. The van der Waals surface area contributed by atoms with Gasteiger partial charge in [0.05, 0.1) is 18.5 Å². The Balaban J connectivity index is 1.42. The maximum absolute atomic E-state index is 9.66. The molecule has 36 heavy (non-hydrogen) atoms. The molecule has 1 fully saturated rings. The fraction of sp³-hybridized carbons (Fsp3) is 0.240. The van der Waals surface area contributed by atoms with Crippen molar-refractivity contribution in [2.75, 3.05) is 42.6 Å². The van der Waals surface area contributed by atoms with Crippen LogP contribution < -0.4 is 9.80 Å². The molecule has 1 aliphatic heterocycles. The zero-order valence-corrected chi connectivity index (χ0v) is 19.4. The minimum absolute atomic E-state index is 0.0603. The molecule has 1 saturated heterocycles. The molecule has 0 amide bonds.